The van der Waals surface area contributed by atoms with Gasteiger partial charge in [-0.25, -0.2) is 4.98 Å². The third kappa shape index (κ3) is 7.27. The molecule has 0 saturated heterocycles. The zero-order chi connectivity index (χ0) is 25.4. The van der Waals surface area contributed by atoms with Crippen LogP contribution in [0.25, 0.3) is 0 Å². The molecule has 0 fully saturated rings. The fourth-order valence-corrected chi connectivity index (χ4v) is 4.29. The summed E-state index contributed by atoms with van der Waals surface area (Å²) >= 11 is 1.18. The molecule has 3 aromatic rings. The molecule has 0 aliphatic rings. The van der Waals surface area contributed by atoms with Crippen molar-refractivity contribution in [3.8, 4) is 5.75 Å². The number of aromatic hydroxyl groups is 1. The average molecular weight is 500 g/mol. The third-order valence-corrected chi connectivity index (χ3v) is 6.44. The monoisotopic (exact) mass is 499 g/mol. The summed E-state index contributed by atoms with van der Waals surface area (Å²) < 4.78 is 1.55. The Hall–Kier alpha value is -3.44. The molecule has 0 spiro atoms. The molecule has 2 aromatic heterocycles. The maximum Gasteiger partial charge on any atom is 0.267 e. The van der Waals surface area contributed by atoms with Crippen LogP contribution in [0.1, 0.15) is 41.1 Å². The summed E-state index contributed by atoms with van der Waals surface area (Å²) in [7, 11) is 0. The summed E-state index contributed by atoms with van der Waals surface area (Å²) in [6, 6.07) is 5.10. The Morgan fingerprint density at radius 1 is 1.17 bits per heavy atom. The second-order valence-corrected chi connectivity index (χ2v) is 9.22. The number of rotatable bonds is 12. The molecule has 0 bridgehead atoms. The first-order valence-electron chi connectivity index (χ1n) is 11.7. The summed E-state index contributed by atoms with van der Waals surface area (Å²) in [6.07, 6.45) is 4.29. The molecular weight excluding hydrogens is 466 g/mol. The molecule has 188 valence electrons. The second kappa shape index (κ2) is 12.3. The van der Waals surface area contributed by atoms with Crippen molar-refractivity contribution >= 4 is 39.8 Å². The van der Waals surface area contributed by atoms with Gasteiger partial charge in [-0.05, 0) is 45.0 Å². The quantitative estimate of drug-likeness (QED) is 0.301. The minimum Gasteiger partial charge on any atom is -0.508 e. The number of carbonyl (C=O) groups is 2. The SMILES string of the molecule is CCCN(CC)CCNC(=O)Cn1ccc(Nc2ncc(C(=O)Nc3c(C)ccc(O)c3C)s2)n1. The van der Waals surface area contributed by atoms with E-state index in [9.17, 15) is 14.7 Å². The van der Waals surface area contributed by atoms with E-state index in [4.69, 9.17) is 0 Å². The molecule has 10 nitrogen and oxygen atoms in total. The van der Waals surface area contributed by atoms with E-state index in [2.05, 4.69) is 44.8 Å². The van der Waals surface area contributed by atoms with Gasteiger partial charge in [0.2, 0.25) is 5.91 Å². The summed E-state index contributed by atoms with van der Waals surface area (Å²) in [5.41, 5.74) is 2.05. The van der Waals surface area contributed by atoms with Gasteiger partial charge >= 0.3 is 0 Å². The maximum atomic E-state index is 12.7. The maximum absolute atomic E-state index is 12.7. The topological polar surface area (TPSA) is 124 Å². The number of carbonyl (C=O) groups excluding carboxylic acids is 2. The first kappa shape index (κ1) is 26.2. The van der Waals surface area contributed by atoms with Crippen LogP contribution in [0.3, 0.4) is 0 Å². The molecule has 0 unspecified atom stereocenters. The lowest BCUT2D eigenvalue weighted by Crippen LogP contribution is -2.36. The van der Waals surface area contributed by atoms with Crippen molar-refractivity contribution in [1.29, 1.82) is 0 Å². The van der Waals surface area contributed by atoms with Gasteiger partial charge in [-0.3, -0.25) is 14.3 Å². The lowest BCUT2D eigenvalue weighted by Gasteiger charge is -2.19. The number of phenols is 1. The number of nitrogens with one attached hydrogen (secondary N) is 3. The Morgan fingerprint density at radius 3 is 2.71 bits per heavy atom. The minimum atomic E-state index is -0.310. The largest absolute Gasteiger partial charge is 0.508 e. The van der Waals surface area contributed by atoms with E-state index in [0.29, 0.717) is 33.6 Å². The van der Waals surface area contributed by atoms with Gasteiger partial charge in [0.25, 0.3) is 5.91 Å². The van der Waals surface area contributed by atoms with Crippen molar-refractivity contribution < 1.29 is 14.7 Å². The van der Waals surface area contributed by atoms with E-state index in [1.165, 1.54) is 17.5 Å². The van der Waals surface area contributed by atoms with Gasteiger partial charge in [-0.1, -0.05) is 31.3 Å². The van der Waals surface area contributed by atoms with Crippen LogP contribution in [0, 0.1) is 13.8 Å². The molecule has 3 rings (SSSR count). The summed E-state index contributed by atoms with van der Waals surface area (Å²) in [6.45, 7) is 11.4. The summed E-state index contributed by atoms with van der Waals surface area (Å²) in [5, 5.41) is 23.6. The van der Waals surface area contributed by atoms with Crippen LogP contribution in [-0.2, 0) is 11.3 Å². The number of nitrogens with zero attached hydrogens (tertiary/aromatic N) is 4. The van der Waals surface area contributed by atoms with Crippen LogP contribution in [0.2, 0.25) is 0 Å². The number of anilines is 3. The van der Waals surface area contributed by atoms with Crippen molar-refractivity contribution in [3.05, 3.63) is 46.6 Å². The number of hydrogen-bond donors (Lipinski definition) is 4. The number of aryl methyl sites for hydroxylation is 1. The number of phenolic OH excluding ortho intramolecular Hbond substituents is 1. The lowest BCUT2D eigenvalue weighted by atomic mass is 10.1. The number of aromatic nitrogens is 3. The van der Waals surface area contributed by atoms with Crippen LogP contribution in [0.15, 0.2) is 30.6 Å². The van der Waals surface area contributed by atoms with E-state index in [-0.39, 0.29) is 24.1 Å². The Morgan fingerprint density at radius 2 is 1.97 bits per heavy atom. The minimum absolute atomic E-state index is 0.0991. The Labute approximate surface area is 209 Å². The van der Waals surface area contributed by atoms with E-state index in [0.717, 1.165) is 31.6 Å². The molecule has 0 aliphatic carbocycles. The molecule has 2 amide bonds. The molecular formula is C24H33N7O3S. The predicted octanol–water partition coefficient (Wildman–Crippen LogP) is 3.51. The summed E-state index contributed by atoms with van der Waals surface area (Å²) in [5.74, 6) is 0.244. The fraction of sp³-hybridized carbons (Fsp3) is 0.417. The van der Waals surface area contributed by atoms with Gasteiger partial charge in [0.15, 0.2) is 10.9 Å². The molecule has 0 atom stereocenters. The molecule has 0 saturated carbocycles. The molecule has 0 aliphatic heterocycles. The van der Waals surface area contributed by atoms with E-state index < -0.39 is 0 Å². The molecule has 1 aromatic carbocycles. The number of thiazole rings is 1. The van der Waals surface area contributed by atoms with Gasteiger partial charge in [0, 0.05) is 30.9 Å². The van der Waals surface area contributed by atoms with Gasteiger partial charge in [0.1, 0.15) is 17.2 Å². The van der Waals surface area contributed by atoms with E-state index in [1.807, 2.05) is 6.92 Å². The van der Waals surface area contributed by atoms with Crippen molar-refractivity contribution in [3.63, 3.8) is 0 Å². The molecule has 35 heavy (non-hydrogen) atoms. The smallest absolute Gasteiger partial charge is 0.267 e. The highest BCUT2D eigenvalue weighted by Gasteiger charge is 2.15. The van der Waals surface area contributed by atoms with Gasteiger partial charge in [-0.15, -0.1) is 0 Å². The van der Waals surface area contributed by atoms with Crippen LogP contribution < -0.4 is 16.0 Å². The molecule has 4 N–H and O–H groups in total. The summed E-state index contributed by atoms with van der Waals surface area (Å²) in [4.78, 5) is 31.9. The number of hydrogen-bond acceptors (Lipinski definition) is 8. The van der Waals surface area contributed by atoms with Gasteiger partial charge in [0.05, 0.1) is 11.9 Å². The highest BCUT2D eigenvalue weighted by atomic mass is 32.1. The molecule has 11 heteroatoms. The number of benzene rings is 1. The third-order valence-electron chi connectivity index (χ3n) is 5.53. The van der Waals surface area contributed by atoms with Crippen molar-refractivity contribution in [2.75, 3.05) is 36.8 Å². The van der Waals surface area contributed by atoms with Crippen LogP contribution >= 0.6 is 11.3 Å². The first-order chi connectivity index (χ1) is 16.8. The van der Waals surface area contributed by atoms with Crippen LogP contribution in [-0.4, -0.2) is 62.8 Å². The number of amides is 2. The fourth-order valence-electron chi connectivity index (χ4n) is 3.57. The Bertz CT molecular complexity index is 1160. The van der Waals surface area contributed by atoms with Crippen molar-refractivity contribution in [1.82, 2.24) is 25.0 Å². The van der Waals surface area contributed by atoms with Crippen LogP contribution in [0.5, 0.6) is 5.75 Å². The predicted molar refractivity (Wildman–Crippen MR) is 139 cm³/mol. The zero-order valence-electron chi connectivity index (χ0n) is 20.6. The van der Waals surface area contributed by atoms with Gasteiger partial charge < -0.3 is 26.0 Å². The first-order valence-corrected chi connectivity index (χ1v) is 12.5. The van der Waals surface area contributed by atoms with Crippen molar-refractivity contribution in [2.45, 2.75) is 40.7 Å². The Balaban J connectivity index is 1.51. The highest BCUT2D eigenvalue weighted by molar-refractivity contribution is 7.17. The average Bonchev–Trinajstić information content (AvgIpc) is 3.48. The zero-order valence-corrected chi connectivity index (χ0v) is 21.4. The number of likely N-dealkylation sites (N-methyl/N-ethyl adjacent to an activating group) is 1. The van der Waals surface area contributed by atoms with E-state index >= 15 is 0 Å². The highest BCUT2D eigenvalue weighted by Crippen LogP contribution is 2.29. The van der Waals surface area contributed by atoms with Crippen LogP contribution in [0.4, 0.5) is 16.6 Å². The molecule has 0 radical (unpaired) electrons. The second-order valence-electron chi connectivity index (χ2n) is 8.19. The standard InChI is InChI=1S/C24H33N7O3S/c1-5-11-30(6-2)13-10-25-21(33)15-31-12-9-20(29-31)27-24-26-14-19(35-24)23(34)28-22-16(3)7-8-18(32)17(22)4/h7-9,12,14,32H,5-6,10-11,13,15H2,1-4H3,(H,25,33)(H,28,34)(H,26,27,29). The Kier molecular flexibility index (Phi) is 9.21. The molecule has 2 heterocycles. The van der Waals surface area contributed by atoms with Crippen molar-refractivity contribution in [2.24, 2.45) is 0 Å². The van der Waals surface area contributed by atoms with E-state index in [1.54, 1.807) is 36.0 Å². The lowest BCUT2D eigenvalue weighted by molar-refractivity contribution is -0.121. The normalized spacial score (nSPS) is 11.0. The van der Waals surface area contributed by atoms with Gasteiger partial charge in [-0.2, -0.15) is 5.10 Å².